The molecule has 2 N–H and O–H groups in total. The lowest BCUT2D eigenvalue weighted by atomic mass is 10.1. The molecule has 23 heavy (non-hydrogen) atoms. The zero-order chi connectivity index (χ0) is 17.5. The van der Waals surface area contributed by atoms with E-state index in [1.54, 1.807) is 0 Å². The lowest BCUT2D eigenvalue weighted by molar-refractivity contribution is -0.137. The van der Waals surface area contributed by atoms with E-state index in [1.807, 2.05) is 0 Å². The number of amides is 2. The maximum absolute atomic E-state index is 12.4. The first-order chi connectivity index (χ1) is 10.7. The smallest absolute Gasteiger partial charge is 0.354 e. The summed E-state index contributed by atoms with van der Waals surface area (Å²) in [4.78, 5) is 33.7. The highest BCUT2D eigenvalue weighted by atomic mass is 19.4. The van der Waals surface area contributed by atoms with Gasteiger partial charge in [0.05, 0.1) is 5.56 Å². The van der Waals surface area contributed by atoms with E-state index in [1.165, 1.54) is 6.92 Å². The van der Waals surface area contributed by atoms with E-state index >= 15 is 0 Å². The van der Waals surface area contributed by atoms with Gasteiger partial charge in [0.2, 0.25) is 5.91 Å². The fraction of sp³-hybridized carbons (Fsp3) is 0.400. The van der Waals surface area contributed by atoms with E-state index in [2.05, 4.69) is 10.6 Å². The molecule has 0 fully saturated rings. The number of alkyl halides is 3. The largest absolute Gasteiger partial charge is 0.416 e. The number of rotatable bonds is 7. The van der Waals surface area contributed by atoms with Gasteiger partial charge in [0, 0.05) is 31.5 Å². The van der Waals surface area contributed by atoms with Crippen molar-refractivity contribution < 1.29 is 27.6 Å². The standard InChI is InChI=1S/C15H17F3N2O3/c1-10(21)2-7-13(22)19-8-9-20-14(23)11-3-5-12(6-4-11)15(16,17)18/h3-6H,2,7-9H2,1H3,(H,19,22)(H,20,23). The second-order valence-electron chi connectivity index (χ2n) is 4.88. The van der Waals surface area contributed by atoms with Crippen LogP contribution in [0, 0.1) is 0 Å². The van der Waals surface area contributed by atoms with Crippen LogP contribution in [-0.4, -0.2) is 30.7 Å². The van der Waals surface area contributed by atoms with Crippen LogP contribution in [-0.2, 0) is 15.8 Å². The third-order valence-corrected chi connectivity index (χ3v) is 2.91. The summed E-state index contributed by atoms with van der Waals surface area (Å²) >= 11 is 0. The Morgan fingerprint density at radius 2 is 1.52 bits per heavy atom. The van der Waals surface area contributed by atoms with Gasteiger partial charge in [0.25, 0.3) is 5.91 Å². The highest BCUT2D eigenvalue weighted by molar-refractivity contribution is 5.94. The van der Waals surface area contributed by atoms with Gasteiger partial charge in [-0.05, 0) is 31.2 Å². The van der Waals surface area contributed by atoms with Crippen LogP contribution in [0.3, 0.4) is 0 Å². The van der Waals surface area contributed by atoms with Gasteiger partial charge in [-0.15, -0.1) is 0 Å². The lowest BCUT2D eigenvalue weighted by Gasteiger charge is -2.09. The van der Waals surface area contributed by atoms with Crippen molar-refractivity contribution in [2.75, 3.05) is 13.1 Å². The Balaban J connectivity index is 2.34. The average Bonchev–Trinajstić information content (AvgIpc) is 2.48. The number of ketones is 1. The number of carbonyl (C=O) groups excluding carboxylic acids is 3. The van der Waals surface area contributed by atoms with Crippen LogP contribution in [0.15, 0.2) is 24.3 Å². The van der Waals surface area contributed by atoms with Crippen molar-refractivity contribution in [2.45, 2.75) is 25.9 Å². The van der Waals surface area contributed by atoms with Crippen LogP contribution < -0.4 is 10.6 Å². The van der Waals surface area contributed by atoms with Gasteiger partial charge in [0.1, 0.15) is 5.78 Å². The van der Waals surface area contributed by atoms with Gasteiger partial charge in [-0.3, -0.25) is 9.59 Å². The normalized spacial score (nSPS) is 11.0. The molecule has 0 aliphatic carbocycles. The summed E-state index contributed by atoms with van der Waals surface area (Å²) in [6.45, 7) is 1.69. The van der Waals surface area contributed by atoms with Crippen LogP contribution in [0.5, 0.6) is 0 Å². The van der Waals surface area contributed by atoms with Crippen molar-refractivity contribution in [2.24, 2.45) is 0 Å². The number of Topliss-reactive ketones (excluding diaryl/α,β-unsaturated/α-hetero) is 1. The summed E-state index contributed by atoms with van der Waals surface area (Å²) in [5.41, 5.74) is -0.729. The van der Waals surface area contributed by atoms with Crippen molar-refractivity contribution in [3.8, 4) is 0 Å². The molecule has 0 aliphatic rings. The lowest BCUT2D eigenvalue weighted by Crippen LogP contribution is -2.34. The van der Waals surface area contributed by atoms with Crippen LogP contribution in [0.2, 0.25) is 0 Å². The summed E-state index contributed by atoms with van der Waals surface area (Å²) in [6, 6.07) is 3.84. The molecule has 5 nitrogen and oxygen atoms in total. The molecule has 1 aromatic rings. The molecule has 0 aromatic heterocycles. The first-order valence-corrected chi connectivity index (χ1v) is 6.91. The maximum atomic E-state index is 12.4. The summed E-state index contributed by atoms with van der Waals surface area (Å²) in [7, 11) is 0. The monoisotopic (exact) mass is 330 g/mol. The number of halogens is 3. The molecule has 0 radical (unpaired) electrons. The number of benzene rings is 1. The number of carbonyl (C=O) groups is 3. The number of nitrogens with one attached hydrogen (secondary N) is 2. The molecule has 0 atom stereocenters. The van der Waals surface area contributed by atoms with Crippen LogP contribution >= 0.6 is 0 Å². The fourth-order valence-corrected chi connectivity index (χ4v) is 1.67. The summed E-state index contributed by atoms with van der Waals surface area (Å²) < 4.78 is 37.2. The minimum Gasteiger partial charge on any atom is -0.354 e. The Morgan fingerprint density at radius 3 is 2.04 bits per heavy atom. The molecule has 0 unspecified atom stereocenters. The molecule has 1 aromatic carbocycles. The Labute approximate surface area is 131 Å². The van der Waals surface area contributed by atoms with Gasteiger partial charge >= 0.3 is 6.18 Å². The van der Waals surface area contributed by atoms with Gasteiger partial charge in [-0.25, -0.2) is 0 Å². The van der Waals surface area contributed by atoms with Crippen LogP contribution in [0.25, 0.3) is 0 Å². The second kappa shape index (κ2) is 8.30. The van der Waals surface area contributed by atoms with Gasteiger partial charge in [0.15, 0.2) is 0 Å². The number of hydrogen-bond donors (Lipinski definition) is 2. The van der Waals surface area contributed by atoms with Crippen molar-refractivity contribution in [3.63, 3.8) is 0 Å². The summed E-state index contributed by atoms with van der Waals surface area (Å²) in [6.07, 6.45) is -4.20. The SMILES string of the molecule is CC(=O)CCC(=O)NCCNC(=O)c1ccc(C(F)(F)F)cc1. The molecule has 0 saturated heterocycles. The van der Waals surface area contributed by atoms with Gasteiger partial charge in [-0.1, -0.05) is 0 Å². The zero-order valence-electron chi connectivity index (χ0n) is 12.5. The fourth-order valence-electron chi connectivity index (χ4n) is 1.67. The first kappa shape index (κ1) is 18.7. The van der Waals surface area contributed by atoms with Crippen molar-refractivity contribution in [3.05, 3.63) is 35.4 Å². The molecule has 2 amide bonds. The Kier molecular flexibility index (Phi) is 6.74. The molecule has 0 saturated carbocycles. The predicted octanol–water partition coefficient (Wildman–Crippen LogP) is 1.92. The van der Waals surface area contributed by atoms with Crippen molar-refractivity contribution in [1.29, 1.82) is 0 Å². The molecular weight excluding hydrogens is 313 g/mol. The molecule has 0 heterocycles. The molecule has 0 spiro atoms. The van der Waals surface area contributed by atoms with Gasteiger partial charge in [-0.2, -0.15) is 13.2 Å². The zero-order valence-corrected chi connectivity index (χ0v) is 12.5. The topological polar surface area (TPSA) is 75.3 Å². The van der Waals surface area contributed by atoms with E-state index in [4.69, 9.17) is 0 Å². The van der Waals surface area contributed by atoms with E-state index < -0.39 is 17.6 Å². The number of hydrogen-bond acceptors (Lipinski definition) is 3. The predicted molar refractivity (Wildman–Crippen MR) is 76.7 cm³/mol. The third kappa shape index (κ3) is 6.94. The average molecular weight is 330 g/mol. The highest BCUT2D eigenvalue weighted by Gasteiger charge is 2.30. The third-order valence-electron chi connectivity index (χ3n) is 2.91. The van der Waals surface area contributed by atoms with E-state index in [-0.39, 0.29) is 43.2 Å². The summed E-state index contributed by atoms with van der Waals surface area (Å²) in [5, 5.41) is 4.99. The van der Waals surface area contributed by atoms with Crippen molar-refractivity contribution in [1.82, 2.24) is 10.6 Å². The molecule has 8 heteroatoms. The minimum atomic E-state index is -4.45. The minimum absolute atomic E-state index is 0.0855. The Hall–Kier alpha value is -2.38. The molecule has 126 valence electrons. The quantitative estimate of drug-likeness (QED) is 0.750. The highest BCUT2D eigenvalue weighted by Crippen LogP contribution is 2.28. The molecule has 0 bridgehead atoms. The van der Waals surface area contributed by atoms with Gasteiger partial charge < -0.3 is 15.4 Å². The van der Waals surface area contributed by atoms with E-state index in [0.717, 1.165) is 24.3 Å². The van der Waals surface area contributed by atoms with Crippen LogP contribution in [0.4, 0.5) is 13.2 Å². The second-order valence-corrected chi connectivity index (χ2v) is 4.88. The molecular formula is C15H17F3N2O3. The Bertz CT molecular complexity index is 568. The Morgan fingerprint density at radius 1 is 0.957 bits per heavy atom. The maximum Gasteiger partial charge on any atom is 0.416 e. The van der Waals surface area contributed by atoms with Crippen molar-refractivity contribution >= 4 is 17.6 Å². The van der Waals surface area contributed by atoms with Crippen LogP contribution in [0.1, 0.15) is 35.7 Å². The first-order valence-electron chi connectivity index (χ1n) is 6.91. The summed E-state index contributed by atoms with van der Waals surface area (Å²) in [5.74, 6) is -0.920. The van der Waals surface area contributed by atoms with E-state index in [0.29, 0.717) is 0 Å². The molecule has 1 rings (SSSR count). The molecule has 0 aliphatic heterocycles. The van der Waals surface area contributed by atoms with E-state index in [9.17, 15) is 27.6 Å².